The van der Waals surface area contributed by atoms with Crippen LogP contribution in [0.25, 0.3) is 0 Å². The largest absolute Gasteiger partial charge is 0.394 e. The first kappa shape index (κ1) is 11.6. The summed E-state index contributed by atoms with van der Waals surface area (Å²) in [6, 6.07) is 2.48. The third-order valence-corrected chi connectivity index (χ3v) is 2.05. The van der Waals surface area contributed by atoms with Gasteiger partial charge in [0.25, 0.3) is 5.91 Å². The maximum Gasteiger partial charge on any atom is 0.256 e. The minimum Gasteiger partial charge on any atom is -0.394 e. The second-order valence-electron chi connectivity index (χ2n) is 3.10. The quantitative estimate of drug-likeness (QED) is 0.723. The number of pyridine rings is 1. The lowest BCUT2D eigenvalue weighted by Gasteiger charge is -2.13. The molecule has 0 saturated carbocycles. The van der Waals surface area contributed by atoms with Crippen LogP contribution in [0.2, 0.25) is 0 Å². The van der Waals surface area contributed by atoms with Crippen molar-refractivity contribution >= 4 is 5.91 Å². The smallest absolute Gasteiger partial charge is 0.256 e. The lowest BCUT2D eigenvalue weighted by atomic mass is 10.2. The number of carbonyl (C=O) groups is 1. The van der Waals surface area contributed by atoms with Gasteiger partial charge in [-0.3, -0.25) is 4.79 Å². The van der Waals surface area contributed by atoms with Gasteiger partial charge in [-0.1, -0.05) is 6.92 Å². The lowest BCUT2D eigenvalue weighted by molar-refractivity contribution is 0.0910. The molecule has 0 fully saturated rings. The molecule has 0 spiro atoms. The summed E-state index contributed by atoms with van der Waals surface area (Å²) in [4.78, 5) is 14.9. The highest BCUT2D eigenvalue weighted by Gasteiger charge is 2.14. The zero-order valence-corrected chi connectivity index (χ0v) is 8.40. The molecular formula is C10H13FN2O2. The highest BCUT2D eigenvalue weighted by atomic mass is 19.1. The van der Waals surface area contributed by atoms with Gasteiger partial charge in [0.1, 0.15) is 0 Å². The second-order valence-corrected chi connectivity index (χ2v) is 3.10. The van der Waals surface area contributed by atoms with E-state index in [2.05, 4.69) is 10.3 Å². The lowest BCUT2D eigenvalue weighted by Crippen LogP contribution is -2.37. The standard InChI is InChI=1S/C10H13FN2O2/c1-2-7(6-14)13-10(15)8-4-3-5-12-9(8)11/h3-5,7,14H,2,6H2,1H3,(H,13,15)/t7-/m1/s1. The predicted octanol–water partition coefficient (Wildman–Crippen LogP) is 0.721. The Morgan fingerprint density at radius 2 is 2.47 bits per heavy atom. The maximum atomic E-state index is 13.1. The number of nitrogens with one attached hydrogen (secondary N) is 1. The number of aromatic nitrogens is 1. The van der Waals surface area contributed by atoms with Gasteiger partial charge < -0.3 is 10.4 Å². The number of aliphatic hydroxyl groups is 1. The third kappa shape index (κ3) is 2.99. The Hall–Kier alpha value is -1.49. The summed E-state index contributed by atoms with van der Waals surface area (Å²) in [5, 5.41) is 11.4. The van der Waals surface area contributed by atoms with Gasteiger partial charge in [-0.05, 0) is 18.6 Å². The molecule has 0 bridgehead atoms. The average molecular weight is 212 g/mol. The molecule has 2 N–H and O–H groups in total. The summed E-state index contributed by atoms with van der Waals surface area (Å²) in [5.41, 5.74) is -0.107. The molecule has 1 aromatic rings. The molecule has 5 heteroatoms. The molecule has 4 nitrogen and oxygen atoms in total. The fraction of sp³-hybridized carbons (Fsp3) is 0.400. The minimum absolute atomic E-state index is 0.107. The fourth-order valence-electron chi connectivity index (χ4n) is 1.10. The molecule has 0 aliphatic heterocycles. The van der Waals surface area contributed by atoms with Gasteiger partial charge in [0.2, 0.25) is 5.95 Å². The van der Waals surface area contributed by atoms with Crippen LogP contribution >= 0.6 is 0 Å². The van der Waals surface area contributed by atoms with Crippen molar-refractivity contribution in [3.63, 3.8) is 0 Å². The van der Waals surface area contributed by atoms with Crippen molar-refractivity contribution in [1.82, 2.24) is 10.3 Å². The SMILES string of the molecule is CC[C@H](CO)NC(=O)c1cccnc1F. The van der Waals surface area contributed by atoms with Gasteiger partial charge in [-0.2, -0.15) is 4.39 Å². The Morgan fingerprint density at radius 3 is 3.00 bits per heavy atom. The molecule has 82 valence electrons. The molecule has 1 rings (SSSR count). The molecule has 0 radical (unpaired) electrons. The van der Waals surface area contributed by atoms with E-state index in [4.69, 9.17) is 5.11 Å². The summed E-state index contributed by atoms with van der Waals surface area (Å²) in [6.45, 7) is 1.66. The van der Waals surface area contributed by atoms with Crippen molar-refractivity contribution in [2.75, 3.05) is 6.61 Å². The monoisotopic (exact) mass is 212 g/mol. The first-order valence-corrected chi connectivity index (χ1v) is 4.71. The normalized spacial score (nSPS) is 12.2. The van der Waals surface area contributed by atoms with Crippen LogP contribution in [0.4, 0.5) is 4.39 Å². The summed E-state index contributed by atoms with van der Waals surface area (Å²) < 4.78 is 13.1. The number of amides is 1. The molecular weight excluding hydrogens is 199 g/mol. The number of hydrogen-bond donors (Lipinski definition) is 2. The number of rotatable bonds is 4. The van der Waals surface area contributed by atoms with E-state index in [0.29, 0.717) is 6.42 Å². The van der Waals surface area contributed by atoms with E-state index in [1.807, 2.05) is 6.92 Å². The van der Waals surface area contributed by atoms with E-state index in [-0.39, 0.29) is 18.2 Å². The topological polar surface area (TPSA) is 62.2 Å². The Bertz CT molecular complexity index is 340. The summed E-state index contributed by atoms with van der Waals surface area (Å²) in [5.74, 6) is -1.36. The zero-order chi connectivity index (χ0) is 11.3. The minimum atomic E-state index is -0.803. The first-order valence-electron chi connectivity index (χ1n) is 4.71. The Morgan fingerprint density at radius 1 is 1.73 bits per heavy atom. The van der Waals surface area contributed by atoms with E-state index in [9.17, 15) is 9.18 Å². The number of nitrogens with zero attached hydrogens (tertiary/aromatic N) is 1. The maximum absolute atomic E-state index is 13.1. The van der Waals surface area contributed by atoms with Crippen LogP contribution in [0.15, 0.2) is 18.3 Å². The van der Waals surface area contributed by atoms with Gasteiger partial charge >= 0.3 is 0 Å². The Balaban J connectivity index is 2.73. The van der Waals surface area contributed by atoms with Gasteiger partial charge in [0, 0.05) is 6.20 Å². The second kappa shape index (κ2) is 5.41. The van der Waals surface area contributed by atoms with Crippen molar-refractivity contribution < 1.29 is 14.3 Å². The van der Waals surface area contributed by atoms with Crippen LogP contribution in [0.3, 0.4) is 0 Å². The van der Waals surface area contributed by atoms with E-state index in [0.717, 1.165) is 0 Å². The zero-order valence-electron chi connectivity index (χ0n) is 8.40. The van der Waals surface area contributed by atoms with Crippen molar-refractivity contribution in [3.05, 3.63) is 29.8 Å². The van der Waals surface area contributed by atoms with Crippen molar-refractivity contribution in [2.24, 2.45) is 0 Å². The number of halogens is 1. The van der Waals surface area contributed by atoms with Crippen LogP contribution < -0.4 is 5.32 Å². The number of aliphatic hydroxyl groups excluding tert-OH is 1. The number of hydrogen-bond acceptors (Lipinski definition) is 3. The van der Waals surface area contributed by atoms with Crippen molar-refractivity contribution in [1.29, 1.82) is 0 Å². The first-order chi connectivity index (χ1) is 7.19. The van der Waals surface area contributed by atoms with Crippen molar-refractivity contribution in [3.8, 4) is 0 Å². The van der Waals surface area contributed by atoms with E-state index >= 15 is 0 Å². The molecule has 1 heterocycles. The number of carbonyl (C=O) groups excluding carboxylic acids is 1. The molecule has 0 aliphatic rings. The molecule has 0 unspecified atom stereocenters. The molecule has 0 saturated heterocycles. The van der Waals surface area contributed by atoms with Crippen molar-refractivity contribution in [2.45, 2.75) is 19.4 Å². The fourth-order valence-corrected chi connectivity index (χ4v) is 1.10. The van der Waals surface area contributed by atoms with Gasteiger partial charge in [0.05, 0.1) is 18.2 Å². The van der Waals surface area contributed by atoms with Gasteiger partial charge in [0.15, 0.2) is 0 Å². The summed E-state index contributed by atoms with van der Waals surface area (Å²) >= 11 is 0. The molecule has 1 atom stereocenters. The van der Waals surface area contributed by atoms with E-state index < -0.39 is 11.9 Å². The molecule has 0 aromatic carbocycles. The Labute approximate surface area is 87.1 Å². The van der Waals surface area contributed by atoms with Gasteiger partial charge in [-0.25, -0.2) is 4.98 Å². The molecule has 15 heavy (non-hydrogen) atoms. The summed E-state index contributed by atoms with van der Waals surface area (Å²) in [6.07, 6.45) is 1.86. The van der Waals surface area contributed by atoms with Crippen LogP contribution in [0, 0.1) is 5.95 Å². The molecule has 1 amide bonds. The van der Waals surface area contributed by atoms with Crippen LogP contribution in [0.1, 0.15) is 23.7 Å². The van der Waals surface area contributed by atoms with Gasteiger partial charge in [-0.15, -0.1) is 0 Å². The van der Waals surface area contributed by atoms with Crippen LogP contribution in [0.5, 0.6) is 0 Å². The van der Waals surface area contributed by atoms with Crippen LogP contribution in [-0.4, -0.2) is 28.6 Å². The molecule has 0 aliphatic carbocycles. The molecule has 1 aromatic heterocycles. The third-order valence-electron chi connectivity index (χ3n) is 2.05. The Kier molecular flexibility index (Phi) is 4.17. The predicted molar refractivity (Wildman–Crippen MR) is 52.8 cm³/mol. The van der Waals surface area contributed by atoms with E-state index in [1.165, 1.54) is 18.3 Å². The van der Waals surface area contributed by atoms with E-state index in [1.54, 1.807) is 0 Å². The average Bonchev–Trinajstić information content (AvgIpc) is 2.26. The van der Waals surface area contributed by atoms with Crippen LogP contribution in [-0.2, 0) is 0 Å². The highest BCUT2D eigenvalue weighted by Crippen LogP contribution is 2.03. The summed E-state index contributed by atoms with van der Waals surface area (Å²) in [7, 11) is 0. The highest BCUT2D eigenvalue weighted by molar-refractivity contribution is 5.94.